The van der Waals surface area contributed by atoms with Crippen molar-refractivity contribution in [3.05, 3.63) is 36.0 Å². The molecule has 7 heteroatoms. The predicted octanol–water partition coefficient (Wildman–Crippen LogP) is 1.87. The van der Waals surface area contributed by atoms with Gasteiger partial charge in [-0.1, -0.05) is 18.2 Å². The Hall–Kier alpha value is -1.33. The van der Waals surface area contributed by atoms with Gasteiger partial charge in [0.1, 0.15) is 0 Å². The zero-order valence-electron chi connectivity index (χ0n) is 11.9. The maximum atomic E-state index is 12.1. The van der Waals surface area contributed by atoms with Gasteiger partial charge in [0, 0.05) is 23.6 Å². The summed E-state index contributed by atoms with van der Waals surface area (Å²) in [6.07, 6.45) is 2.63. The molecule has 0 aliphatic heterocycles. The molecule has 0 aliphatic rings. The third-order valence-corrected chi connectivity index (χ3v) is 3.54. The van der Waals surface area contributed by atoms with Crippen LogP contribution >= 0.6 is 0 Å². The Balaban J connectivity index is 1.95. The number of hydrogen-bond donors (Lipinski definition) is 1. The number of nitrogens with zero attached hydrogens (tertiary/aromatic N) is 1. The number of fused-ring (bicyclic) bond motifs is 1. The Morgan fingerprint density at radius 2 is 2.05 bits per heavy atom. The number of likely N-dealkylation sites (N-methyl/N-ethyl adjacent to an activating group) is 1. The van der Waals surface area contributed by atoms with Crippen LogP contribution < -0.4 is 0 Å². The number of nitrogens with one attached hydrogen (secondary N) is 1. The number of halogens is 2. The highest BCUT2D eigenvalue weighted by Gasteiger charge is 2.24. The van der Waals surface area contributed by atoms with E-state index in [2.05, 4.69) is 9.72 Å². The summed E-state index contributed by atoms with van der Waals surface area (Å²) < 4.78 is 28.3. The van der Waals surface area contributed by atoms with Gasteiger partial charge in [0.15, 0.2) is 0 Å². The third kappa shape index (κ3) is 4.08. The first-order valence-electron chi connectivity index (χ1n) is 6.64. The molecular weight excluding hydrogens is 272 g/mol. The summed E-state index contributed by atoms with van der Waals surface area (Å²) in [5.41, 5.74) is 2.19. The van der Waals surface area contributed by atoms with Crippen molar-refractivity contribution in [2.75, 3.05) is 20.2 Å². The molecular formula is C14H16B2F2N2O. The van der Waals surface area contributed by atoms with Crippen LogP contribution in [0.4, 0.5) is 8.78 Å². The van der Waals surface area contributed by atoms with Crippen LogP contribution in [0.2, 0.25) is 0 Å². The zero-order valence-corrected chi connectivity index (χ0v) is 11.9. The van der Waals surface area contributed by atoms with E-state index in [0.717, 1.165) is 16.5 Å². The largest absolute Gasteiger partial charge is 0.361 e. The van der Waals surface area contributed by atoms with Crippen LogP contribution in [0.5, 0.6) is 0 Å². The first kappa shape index (κ1) is 16.0. The van der Waals surface area contributed by atoms with E-state index in [4.69, 9.17) is 15.7 Å². The van der Waals surface area contributed by atoms with Crippen molar-refractivity contribution in [1.82, 2.24) is 9.88 Å². The molecule has 4 radical (unpaired) electrons. The normalized spacial score (nSPS) is 12.6. The number of rotatable bonds is 7. The van der Waals surface area contributed by atoms with E-state index in [1.165, 1.54) is 0 Å². The predicted molar refractivity (Wildman–Crippen MR) is 80.8 cm³/mol. The molecule has 0 saturated carbocycles. The van der Waals surface area contributed by atoms with Crippen molar-refractivity contribution < 1.29 is 13.5 Å². The second-order valence-corrected chi connectivity index (χ2v) is 5.09. The minimum Gasteiger partial charge on any atom is -0.361 e. The number of H-pyrrole nitrogens is 1. The first-order chi connectivity index (χ1) is 9.90. The van der Waals surface area contributed by atoms with E-state index >= 15 is 0 Å². The van der Waals surface area contributed by atoms with Crippen LogP contribution in [-0.2, 0) is 11.2 Å². The monoisotopic (exact) mass is 288 g/mol. The molecule has 0 bridgehead atoms. The van der Waals surface area contributed by atoms with Crippen LogP contribution in [0.15, 0.2) is 30.5 Å². The van der Waals surface area contributed by atoms with Gasteiger partial charge in [0.05, 0.1) is 22.3 Å². The zero-order chi connectivity index (χ0) is 15.5. The summed E-state index contributed by atoms with van der Waals surface area (Å²) in [5, 5.41) is -0.294. The molecule has 1 heterocycles. The molecule has 0 unspecified atom stereocenters. The quantitative estimate of drug-likeness (QED) is 0.788. The Bertz CT molecular complexity index is 589. The summed E-state index contributed by atoms with van der Waals surface area (Å²) in [6, 6.07) is 7.95. The van der Waals surface area contributed by atoms with Gasteiger partial charge in [-0.2, -0.15) is 8.78 Å². The van der Waals surface area contributed by atoms with Gasteiger partial charge in [-0.3, -0.25) is 0 Å². The van der Waals surface area contributed by atoms with Crippen LogP contribution in [0.3, 0.4) is 0 Å². The summed E-state index contributed by atoms with van der Waals surface area (Å²) in [7, 11) is 13.3. The van der Waals surface area contributed by atoms with Gasteiger partial charge in [-0.15, -0.1) is 0 Å². The van der Waals surface area contributed by atoms with Gasteiger partial charge < -0.3 is 14.6 Å². The second kappa shape index (κ2) is 6.62. The maximum Gasteiger partial charge on any atom is 0.345 e. The number of benzene rings is 1. The molecule has 0 fully saturated rings. The topological polar surface area (TPSA) is 28.3 Å². The average molecular weight is 288 g/mol. The number of alkyl halides is 2. The lowest BCUT2D eigenvalue weighted by atomic mass is 9.61. The molecule has 0 spiro atoms. The van der Waals surface area contributed by atoms with Gasteiger partial charge in [0.2, 0.25) is 0 Å². The second-order valence-electron chi connectivity index (χ2n) is 5.09. The molecule has 1 aromatic carbocycles. The fourth-order valence-electron chi connectivity index (χ4n) is 2.14. The fourth-order valence-corrected chi connectivity index (χ4v) is 2.14. The van der Waals surface area contributed by atoms with Gasteiger partial charge in [-0.05, 0) is 30.4 Å². The number of para-hydroxylation sites is 1. The lowest BCUT2D eigenvalue weighted by molar-refractivity contribution is -0.137. The van der Waals surface area contributed by atoms with E-state index in [1.807, 2.05) is 30.5 Å². The molecule has 0 saturated heterocycles. The van der Waals surface area contributed by atoms with Crippen LogP contribution in [0.25, 0.3) is 10.9 Å². The molecule has 0 atom stereocenters. The van der Waals surface area contributed by atoms with Crippen LogP contribution in [-0.4, -0.2) is 57.7 Å². The van der Waals surface area contributed by atoms with Crippen LogP contribution in [0, 0.1) is 0 Å². The number of aromatic amines is 1. The van der Waals surface area contributed by atoms with Crippen molar-refractivity contribution in [3.8, 4) is 0 Å². The SMILES string of the molecule is [B]C([B])(COC(F)F)N(C)CCc1c[nH]c2ccccc12. The number of hydrogen-bond acceptors (Lipinski definition) is 2. The smallest absolute Gasteiger partial charge is 0.345 e. The van der Waals surface area contributed by atoms with E-state index < -0.39 is 18.6 Å². The van der Waals surface area contributed by atoms with Crippen molar-refractivity contribution in [2.24, 2.45) is 0 Å². The summed E-state index contributed by atoms with van der Waals surface area (Å²) >= 11 is 0. The van der Waals surface area contributed by atoms with Crippen molar-refractivity contribution in [1.29, 1.82) is 0 Å². The molecule has 2 rings (SSSR count). The van der Waals surface area contributed by atoms with Crippen molar-refractivity contribution >= 4 is 26.6 Å². The van der Waals surface area contributed by atoms with Crippen molar-refractivity contribution in [2.45, 2.75) is 18.4 Å². The van der Waals surface area contributed by atoms with Crippen molar-refractivity contribution in [3.63, 3.8) is 0 Å². The van der Waals surface area contributed by atoms with E-state index in [1.54, 1.807) is 11.9 Å². The standard InChI is InChI=1S/C14H16B2F2N2O/c1-20(14(15,16)9-21-13(17)18)7-6-10-8-19-12-5-3-2-4-11(10)12/h2-5,8,13,19H,6-7,9H2,1H3. The van der Waals surface area contributed by atoms with E-state index in [-0.39, 0.29) is 0 Å². The Kier molecular flexibility index (Phi) is 5.06. The minimum atomic E-state index is -2.88. The molecule has 0 aliphatic carbocycles. The average Bonchev–Trinajstić information content (AvgIpc) is 2.86. The summed E-state index contributed by atoms with van der Waals surface area (Å²) in [6.45, 7) is -2.78. The van der Waals surface area contributed by atoms with Crippen LogP contribution in [0.1, 0.15) is 5.56 Å². The summed E-state index contributed by atoms with van der Waals surface area (Å²) in [4.78, 5) is 4.79. The molecule has 108 valence electrons. The molecule has 1 aromatic heterocycles. The lowest BCUT2D eigenvalue weighted by Gasteiger charge is -2.36. The lowest BCUT2D eigenvalue weighted by Crippen LogP contribution is -2.52. The van der Waals surface area contributed by atoms with Gasteiger partial charge >= 0.3 is 6.61 Å². The molecule has 1 N–H and O–H groups in total. The molecule has 0 amide bonds. The summed E-state index contributed by atoms with van der Waals surface area (Å²) in [5.74, 6) is 0. The highest BCUT2D eigenvalue weighted by atomic mass is 19.3. The fraction of sp³-hybridized carbons (Fsp3) is 0.429. The minimum absolute atomic E-state index is 0.435. The Morgan fingerprint density at radius 1 is 1.33 bits per heavy atom. The first-order valence-corrected chi connectivity index (χ1v) is 6.64. The molecule has 21 heavy (non-hydrogen) atoms. The third-order valence-electron chi connectivity index (χ3n) is 3.54. The molecule has 2 aromatic rings. The van der Waals surface area contributed by atoms with Gasteiger partial charge in [0.25, 0.3) is 0 Å². The maximum absolute atomic E-state index is 12.1. The number of aromatic nitrogens is 1. The highest BCUT2D eigenvalue weighted by Crippen LogP contribution is 2.19. The molecule has 3 nitrogen and oxygen atoms in total. The highest BCUT2D eigenvalue weighted by molar-refractivity contribution is 6.40. The van der Waals surface area contributed by atoms with E-state index in [9.17, 15) is 8.78 Å². The van der Waals surface area contributed by atoms with Gasteiger partial charge in [-0.25, -0.2) is 0 Å². The Labute approximate surface area is 125 Å². The van der Waals surface area contributed by atoms with E-state index in [0.29, 0.717) is 13.0 Å². The Morgan fingerprint density at radius 3 is 2.76 bits per heavy atom. The number of ether oxygens (including phenoxy) is 1.